The fourth-order valence-corrected chi connectivity index (χ4v) is 6.17. The van der Waals surface area contributed by atoms with E-state index in [4.69, 9.17) is 5.73 Å². The van der Waals surface area contributed by atoms with Crippen molar-refractivity contribution in [2.75, 3.05) is 13.6 Å². The number of hydrogen-bond acceptors (Lipinski definition) is 6. The van der Waals surface area contributed by atoms with Gasteiger partial charge in [-0.3, -0.25) is 19.2 Å². The molecule has 0 aliphatic carbocycles. The SMILES string of the molecule is CN[C@@H](C)C(=O)N[C@H](C(=O)N1CCC[C@H]1C(=O)N[C@@H](Cc1cccc(-c2cc3ccccc3s2)c1)C(N)=O)C(C)C. The number of likely N-dealkylation sites (N-methyl/N-ethyl adjacent to an activating group) is 1. The second kappa shape index (κ2) is 13.3. The molecule has 9 nitrogen and oxygen atoms in total. The van der Waals surface area contributed by atoms with Crippen LogP contribution in [0.3, 0.4) is 0 Å². The Morgan fingerprint density at radius 1 is 1.02 bits per heavy atom. The molecular weight excluding hydrogens is 538 g/mol. The predicted octanol–water partition coefficient (Wildman–Crippen LogP) is 2.82. The molecule has 1 fully saturated rings. The van der Waals surface area contributed by atoms with Crippen molar-refractivity contribution in [3.05, 3.63) is 60.2 Å². The van der Waals surface area contributed by atoms with Crippen LogP contribution in [0.2, 0.25) is 0 Å². The lowest BCUT2D eigenvalue weighted by atomic mass is 10.0. The van der Waals surface area contributed by atoms with Gasteiger partial charge in [-0.2, -0.15) is 0 Å². The van der Waals surface area contributed by atoms with Crippen LogP contribution in [0.25, 0.3) is 20.5 Å². The second-order valence-electron chi connectivity index (χ2n) is 10.9. The van der Waals surface area contributed by atoms with Crippen molar-refractivity contribution < 1.29 is 19.2 Å². The maximum atomic E-state index is 13.5. The first-order valence-electron chi connectivity index (χ1n) is 14.0. The van der Waals surface area contributed by atoms with Gasteiger partial charge < -0.3 is 26.6 Å². The van der Waals surface area contributed by atoms with Crippen LogP contribution in [0.4, 0.5) is 0 Å². The molecule has 1 saturated heterocycles. The number of hydrogen-bond donors (Lipinski definition) is 4. The van der Waals surface area contributed by atoms with E-state index in [1.165, 1.54) is 15.0 Å². The lowest BCUT2D eigenvalue weighted by molar-refractivity contribution is -0.143. The molecule has 0 saturated carbocycles. The van der Waals surface area contributed by atoms with E-state index in [1.54, 1.807) is 25.3 Å². The lowest BCUT2D eigenvalue weighted by Crippen LogP contribution is -2.58. The van der Waals surface area contributed by atoms with Gasteiger partial charge in [0.1, 0.15) is 18.1 Å². The van der Waals surface area contributed by atoms with E-state index in [-0.39, 0.29) is 24.2 Å². The summed E-state index contributed by atoms with van der Waals surface area (Å²) < 4.78 is 1.20. The first kappa shape index (κ1) is 30.2. The average Bonchev–Trinajstić information content (AvgIpc) is 3.62. The predicted molar refractivity (Wildman–Crippen MR) is 162 cm³/mol. The fourth-order valence-electron chi connectivity index (χ4n) is 5.11. The van der Waals surface area contributed by atoms with Crippen molar-refractivity contribution in [3.63, 3.8) is 0 Å². The molecule has 2 heterocycles. The normalized spacial score (nSPS) is 17.3. The summed E-state index contributed by atoms with van der Waals surface area (Å²) in [6.45, 7) is 5.82. The van der Waals surface area contributed by atoms with E-state index in [0.29, 0.717) is 19.4 Å². The number of nitrogens with two attached hydrogens (primary N) is 1. The third-order valence-electron chi connectivity index (χ3n) is 7.63. The minimum Gasteiger partial charge on any atom is -0.368 e. The van der Waals surface area contributed by atoms with Crippen LogP contribution >= 0.6 is 11.3 Å². The molecule has 5 N–H and O–H groups in total. The number of thiophene rings is 1. The highest BCUT2D eigenvalue weighted by Gasteiger charge is 2.39. The average molecular weight is 578 g/mol. The molecule has 10 heteroatoms. The van der Waals surface area contributed by atoms with Crippen molar-refractivity contribution in [2.45, 2.75) is 64.2 Å². The first-order chi connectivity index (χ1) is 19.6. The molecular formula is C31H39N5O4S. The molecule has 3 aromatic rings. The van der Waals surface area contributed by atoms with E-state index >= 15 is 0 Å². The number of rotatable bonds is 11. The fraction of sp³-hybridized carbons (Fsp3) is 0.419. The standard InChI is InChI=1S/C31H39N5O4S/c1-18(2)27(35-29(38)19(3)33-4)31(40)36-14-8-12-24(36)30(39)34-23(28(32)37)16-20-9-7-11-21(15-20)26-17-22-10-5-6-13-25(22)41-26/h5-7,9-11,13,15,17-19,23-24,27,33H,8,12,14,16H2,1-4H3,(H2,32,37)(H,34,39)(H,35,38)/t19-,23-,24-,27-/m0/s1. The van der Waals surface area contributed by atoms with Gasteiger partial charge in [-0.1, -0.05) is 56.3 Å². The summed E-state index contributed by atoms with van der Waals surface area (Å²) in [6.07, 6.45) is 1.34. The summed E-state index contributed by atoms with van der Waals surface area (Å²) in [6, 6.07) is 15.3. The quantitative estimate of drug-likeness (QED) is 0.278. The third-order valence-corrected chi connectivity index (χ3v) is 8.80. The number of nitrogens with one attached hydrogen (secondary N) is 3. The summed E-state index contributed by atoms with van der Waals surface area (Å²) in [4.78, 5) is 54.5. The van der Waals surface area contributed by atoms with Gasteiger partial charge in [0.2, 0.25) is 23.6 Å². The molecule has 218 valence electrons. The Hall–Kier alpha value is -3.76. The number of likely N-dealkylation sites (tertiary alicyclic amines) is 1. The monoisotopic (exact) mass is 577 g/mol. The number of carbonyl (C=O) groups is 4. The van der Waals surface area contributed by atoms with Crippen LogP contribution in [-0.2, 0) is 25.6 Å². The Balaban J connectivity index is 1.46. The highest BCUT2D eigenvalue weighted by atomic mass is 32.1. The minimum absolute atomic E-state index is 0.175. The highest BCUT2D eigenvalue weighted by molar-refractivity contribution is 7.22. The maximum Gasteiger partial charge on any atom is 0.246 e. The second-order valence-corrected chi connectivity index (χ2v) is 12.0. The minimum atomic E-state index is -0.935. The van der Waals surface area contributed by atoms with Crippen LogP contribution < -0.4 is 21.7 Å². The Morgan fingerprint density at radius 2 is 1.78 bits per heavy atom. The molecule has 0 radical (unpaired) electrons. The van der Waals surface area contributed by atoms with Gasteiger partial charge >= 0.3 is 0 Å². The van der Waals surface area contributed by atoms with E-state index in [1.807, 2.05) is 50.2 Å². The van der Waals surface area contributed by atoms with E-state index < -0.39 is 36.0 Å². The highest BCUT2D eigenvalue weighted by Crippen LogP contribution is 2.33. The molecule has 0 unspecified atom stereocenters. The van der Waals surface area contributed by atoms with Crippen LogP contribution in [0.15, 0.2) is 54.6 Å². The van der Waals surface area contributed by atoms with Gasteiger partial charge in [0.25, 0.3) is 0 Å². The zero-order valence-electron chi connectivity index (χ0n) is 24.0. The van der Waals surface area contributed by atoms with Crippen LogP contribution in [0.1, 0.15) is 39.2 Å². The van der Waals surface area contributed by atoms with E-state index in [0.717, 1.165) is 16.0 Å². The number of carbonyl (C=O) groups excluding carboxylic acids is 4. The van der Waals surface area contributed by atoms with Crippen molar-refractivity contribution in [3.8, 4) is 10.4 Å². The zero-order valence-corrected chi connectivity index (χ0v) is 24.8. The number of amides is 4. The Morgan fingerprint density at radius 3 is 2.46 bits per heavy atom. The molecule has 1 aliphatic heterocycles. The van der Waals surface area contributed by atoms with Crippen molar-refractivity contribution in [1.82, 2.24) is 20.9 Å². The maximum absolute atomic E-state index is 13.5. The lowest BCUT2D eigenvalue weighted by Gasteiger charge is -2.31. The number of fused-ring (bicyclic) bond motifs is 1. The molecule has 1 aromatic heterocycles. The molecule has 0 spiro atoms. The summed E-state index contributed by atoms with van der Waals surface area (Å²) in [7, 11) is 1.67. The van der Waals surface area contributed by atoms with Crippen molar-refractivity contribution >= 4 is 45.1 Å². The molecule has 4 atom stereocenters. The summed E-state index contributed by atoms with van der Waals surface area (Å²) in [5.41, 5.74) is 7.62. The summed E-state index contributed by atoms with van der Waals surface area (Å²) >= 11 is 1.70. The van der Waals surface area contributed by atoms with Gasteiger partial charge in [0.15, 0.2) is 0 Å². The van der Waals surface area contributed by atoms with Crippen molar-refractivity contribution in [2.24, 2.45) is 11.7 Å². The van der Waals surface area contributed by atoms with E-state index in [2.05, 4.69) is 34.1 Å². The van der Waals surface area contributed by atoms with E-state index in [9.17, 15) is 19.2 Å². The smallest absolute Gasteiger partial charge is 0.246 e. The Labute approximate surface area is 244 Å². The van der Waals surface area contributed by atoms with Gasteiger partial charge in [-0.25, -0.2) is 0 Å². The molecule has 2 aromatic carbocycles. The number of primary amides is 1. The third kappa shape index (κ3) is 7.12. The van der Waals surface area contributed by atoms with Crippen LogP contribution in [0, 0.1) is 5.92 Å². The molecule has 4 rings (SSSR count). The molecule has 1 aliphatic rings. The topological polar surface area (TPSA) is 134 Å². The molecule has 0 bridgehead atoms. The zero-order chi connectivity index (χ0) is 29.7. The summed E-state index contributed by atoms with van der Waals surface area (Å²) in [5.74, 6) is -1.83. The molecule has 41 heavy (non-hydrogen) atoms. The Kier molecular flexibility index (Phi) is 9.77. The molecule has 4 amide bonds. The number of benzene rings is 2. The van der Waals surface area contributed by atoms with Gasteiger partial charge in [-0.15, -0.1) is 11.3 Å². The largest absolute Gasteiger partial charge is 0.368 e. The summed E-state index contributed by atoms with van der Waals surface area (Å²) in [5, 5.41) is 9.67. The van der Waals surface area contributed by atoms with Gasteiger partial charge in [0.05, 0.1) is 6.04 Å². The van der Waals surface area contributed by atoms with Crippen LogP contribution in [0.5, 0.6) is 0 Å². The number of nitrogens with zero attached hydrogens (tertiary/aromatic N) is 1. The van der Waals surface area contributed by atoms with Crippen molar-refractivity contribution in [1.29, 1.82) is 0 Å². The van der Waals surface area contributed by atoms with Gasteiger partial charge in [0, 0.05) is 22.5 Å². The van der Waals surface area contributed by atoms with Crippen LogP contribution in [-0.4, -0.2) is 66.3 Å². The Bertz CT molecular complexity index is 1390. The van der Waals surface area contributed by atoms with Gasteiger partial charge in [-0.05, 0) is 61.4 Å². The first-order valence-corrected chi connectivity index (χ1v) is 14.9.